The molecule has 4 rings (SSSR count). The molecule has 0 saturated heterocycles. The zero-order chi connectivity index (χ0) is 19.7. The van der Waals surface area contributed by atoms with Crippen LogP contribution in [-0.4, -0.2) is 48.5 Å². The largest absolute Gasteiger partial charge is 0.495 e. The number of nitrogens with one attached hydrogen (secondary N) is 2. The minimum Gasteiger partial charge on any atom is -0.495 e. The summed E-state index contributed by atoms with van der Waals surface area (Å²) in [5.74, 6) is 1.39. The van der Waals surface area contributed by atoms with Gasteiger partial charge in [-0.1, -0.05) is 11.6 Å². The highest BCUT2D eigenvalue weighted by molar-refractivity contribution is 6.31. The number of fused-ring (bicyclic) bond motifs is 3. The van der Waals surface area contributed by atoms with E-state index in [0.717, 1.165) is 41.5 Å². The van der Waals surface area contributed by atoms with Crippen LogP contribution >= 0.6 is 11.6 Å². The van der Waals surface area contributed by atoms with E-state index in [1.54, 1.807) is 33.7 Å². The molecule has 0 saturated carbocycles. The molecule has 3 aromatic rings. The maximum atomic E-state index is 6.18. The molecule has 2 aromatic heterocycles. The van der Waals surface area contributed by atoms with Gasteiger partial charge in [-0.2, -0.15) is 0 Å². The monoisotopic (exact) mass is 402 g/mol. The SMILES string of the molecule is COCC1(OC)CCc2[nH]c3ncnc(Nc4cc(Cl)ccc4OC)c3c2C1. The van der Waals surface area contributed by atoms with E-state index in [1.165, 1.54) is 5.69 Å². The minimum absolute atomic E-state index is 0.349. The molecule has 1 aliphatic rings. The van der Waals surface area contributed by atoms with Crippen LogP contribution < -0.4 is 10.1 Å². The molecule has 28 heavy (non-hydrogen) atoms. The molecule has 0 radical (unpaired) electrons. The second-order valence-corrected chi connectivity index (χ2v) is 7.43. The van der Waals surface area contributed by atoms with Gasteiger partial charge in [0.15, 0.2) is 0 Å². The molecule has 148 valence electrons. The average molecular weight is 403 g/mol. The van der Waals surface area contributed by atoms with Crippen LogP contribution in [0.3, 0.4) is 0 Å². The number of benzene rings is 1. The fourth-order valence-corrected chi connectivity index (χ4v) is 4.10. The van der Waals surface area contributed by atoms with Gasteiger partial charge in [-0.3, -0.25) is 0 Å². The Labute approximate surface area is 168 Å². The van der Waals surface area contributed by atoms with Gasteiger partial charge in [-0.25, -0.2) is 9.97 Å². The molecule has 8 heteroatoms. The molecule has 7 nitrogen and oxygen atoms in total. The molecule has 2 heterocycles. The van der Waals surface area contributed by atoms with E-state index in [1.807, 2.05) is 12.1 Å². The van der Waals surface area contributed by atoms with E-state index < -0.39 is 0 Å². The third-order valence-corrected chi connectivity index (χ3v) is 5.60. The van der Waals surface area contributed by atoms with E-state index in [0.29, 0.717) is 23.2 Å². The first kappa shape index (κ1) is 19.0. The molecule has 0 fully saturated rings. The van der Waals surface area contributed by atoms with E-state index in [2.05, 4.69) is 20.3 Å². The number of halogens is 1. The molecule has 1 atom stereocenters. The van der Waals surface area contributed by atoms with Crippen LogP contribution in [0.15, 0.2) is 24.5 Å². The predicted molar refractivity (Wildman–Crippen MR) is 109 cm³/mol. The maximum absolute atomic E-state index is 6.18. The molecular formula is C20H23ClN4O3. The van der Waals surface area contributed by atoms with Crippen LogP contribution in [-0.2, 0) is 22.3 Å². The number of aromatic amines is 1. The summed E-state index contributed by atoms with van der Waals surface area (Å²) in [5, 5.41) is 4.94. The van der Waals surface area contributed by atoms with Gasteiger partial charge in [0.1, 0.15) is 23.5 Å². The minimum atomic E-state index is -0.349. The molecular weight excluding hydrogens is 380 g/mol. The third-order valence-electron chi connectivity index (χ3n) is 5.37. The average Bonchev–Trinajstić information content (AvgIpc) is 3.07. The molecule has 0 amide bonds. The van der Waals surface area contributed by atoms with Crippen LogP contribution in [0.2, 0.25) is 5.02 Å². The number of hydrogen-bond acceptors (Lipinski definition) is 6. The van der Waals surface area contributed by atoms with Gasteiger partial charge >= 0.3 is 0 Å². The Morgan fingerprint density at radius 2 is 2.11 bits per heavy atom. The van der Waals surface area contributed by atoms with Crippen molar-refractivity contribution in [1.29, 1.82) is 0 Å². The Bertz CT molecular complexity index is 1010. The number of ether oxygens (including phenoxy) is 3. The zero-order valence-electron chi connectivity index (χ0n) is 16.1. The van der Waals surface area contributed by atoms with Crippen LogP contribution in [0.1, 0.15) is 17.7 Å². The predicted octanol–water partition coefficient (Wildman–Crippen LogP) is 3.88. The number of rotatable bonds is 6. The third kappa shape index (κ3) is 3.30. The molecule has 1 aromatic carbocycles. The number of hydrogen-bond donors (Lipinski definition) is 2. The van der Waals surface area contributed by atoms with E-state index in [4.69, 9.17) is 25.8 Å². The lowest BCUT2D eigenvalue weighted by molar-refractivity contribution is -0.0721. The standard InChI is InChI=1S/C20H23ClN4O3/c1-26-10-20(28-3)7-6-14-13(9-20)17-18(24-14)22-11-23-19(17)25-15-8-12(21)4-5-16(15)27-2/h4-5,8,11H,6-7,9-10H2,1-3H3,(H2,22,23,24,25). The fraction of sp³-hybridized carbons (Fsp3) is 0.400. The summed E-state index contributed by atoms with van der Waals surface area (Å²) in [6, 6.07) is 5.43. The van der Waals surface area contributed by atoms with Gasteiger partial charge in [-0.15, -0.1) is 0 Å². The summed E-state index contributed by atoms with van der Waals surface area (Å²) in [4.78, 5) is 12.4. The summed E-state index contributed by atoms with van der Waals surface area (Å²) in [6.07, 6.45) is 4.02. The van der Waals surface area contributed by atoms with Crippen molar-refractivity contribution < 1.29 is 14.2 Å². The molecule has 0 aliphatic heterocycles. The highest BCUT2D eigenvalue weighted by Gasteiger charge is 2.37. The van der Waals surface area contributed by atoms with E-state index in [9.17, 15) is 0 Å². The summed E-state index contributed by atoms with van der Waals surface area (Å²) >= 11 is 6.18. The Morgan fingerprint density at radius 1 is 1.25 bits per heavy atom. The van der Waals surface area contributed by atoms with Crippen LogP contribution in [0.25, 0.3) is 11.0 Å². The second-order valence-electron chi connectivity index (χ2n) is 6.99. The first-order chi connectivity index (χ1) is 13.6. The summed E-state index contributed by atoms with van der Waals surface area (Å²) in [7, 11) is 5.07. The lowest BCUT2D eigenvalue weighted by Gasteiger charge is -2.35. The van der Waals surface area contributed by atoms with Crippen molar-refractivity contribution in [2.24, 2.45) is 0 Å². The van der Waals surface area contributed by atoms with Crippen molar-refractivity contribution in [2.75, 3.05) is 33.3 Å². The Balaban J connectivity index is 1.80. The second kappa shape index (κ2) is 7.58. The van der Waals surface area contributed by atoms with Gasteiger partial charge < -0.3 is 24.5 Å². The van der Waals surface area contributed by atoms with Gasteiger partial charge in [0.05, 0.1) is 30.4 Å². The Morgan fingerprint density at radius 3 is 2.86 bits per heavy atom. The number of nitrogens with zero attached hydrogens (tertiary/aromatic N) is 2. The molecule has 1 aliphatic carbocycles. The summed E-state index contributed by atoms with van der Waals surface area (Å²) in [6.45, 7) is 0.536. The fourth-order valence-electron chi connectivity index (χ4n) is 3.93. The van der Waals surface area contributed by atoms with Crippen molar-refractivity contribution in [3.05, 3.63) is 40.8 Å². The lowest BCUT2D eigenvalue weighted by atomic mass is 9.83. The molecule has 1 unspecified atom stereocenters. The Kier molecular flexibility index (Phi) is 5.14. The number of anilines is 2. The van der Waals surface area contributed by atoms with Crippen LogP contribution in [0.5, 0.6) is 5.75 Å². The lowest BCUT2D eigenvalue weighted by Crippen LogP contribution is -2.42. The summed E-state index contributed by atoms with van der Waals surface area (Å²) < 4.78 is 16.8. The first-order valence-corrected chi connectivity index (χ1v) is 9.46. The Hall–Kier alpha value is -2.35. The van der Waals surface area contributed by atoms with Crippen LogP contribution in [0, 0.1) is 0 Å². The molecule has 2 N–H and O–H groups in total. The van der Waals surface area contributed by atoms with Gasteiger partial charge in [0, 0.05) is 31.4 Å². The number of methoxy groups -OCH3 is 3. The topological polar surface area (TPSA) is 81.3 Å². The highest BCUT2D eigenvalue weighted by atomic mass is 35.5. The summed E-state index contributed by atoms with van der Waals surface area (Å²) in [5.41, 5.74) is 3.52. The van der Waals surface area contributed by atoms with Gasteiger partial charge in [-0.05, 0) is 36.6 Å². The normalized spacial score (nSPS) is 18.9. The van der Waals surface area contributed by atoms with Crippen molar-refractivity contribution in [1.82, 2.24) is 15.0 Å². The smallest absolute Gasteiger partial charge is 0.143 e. The van der Waals surface area contributed by atoms with Gasteiger partial charge in [0.2, 0.25) is 0 Å². The van der Waals surface area contributed by atoms with Crippen molar-refractivity contribution in [2.45, 2.75) is 24.9 Å². The molecule has 0 bridgehead atoms. The number of H-pyrrole nitrogens is 1. The maximum Gasteiger partial charge on any atom is 0.143 e. The molecule has 0 spiro atoms. The highest BCUT2D eigenvalue weighted by Crippen LogP contribution is 2.39. The van der Waals surface area contributed by atoms with Gasteiger partial charge in [0.25, 0.3) is 0 Å². The van der Waals surface area contributed by atoms with Crippen molar-refractivity contribution >= 4 is 34.1 Å². The first-order valence-electron chi connectivity index (χ1n) is 9.08. The van der Waals surface area contributed by atoms with E-state index in [-0.39, 0.29) is 5.60 Å². The zero-order valence-corrected chi connectivity index (χ0v) is 16.9. The van der Waals surface area contributed by atoms with Crippen molar-refractivity contribution in [3.8, 4) is 5.75 Å². The van der Waals surface area contributed by atoms with Crippen LogP contribution in [0.4, 0.5) is 11.5 Å². The number of aryl methyl sites for hydroxylation is 1. The quantitative estimate of drug-likeness (QED) is 0.651. The van der Waals surface area contributed by atoms with Crippen molar-refractivity contribution in [3.63, 3.8) is 0 Å². The van der Waals surface area contributed by atoms with E-state index >= 15 is 0 Å². The number of aromatic nitrogens is 3.